The second-order valence-electron chi connectivity index (χ2n) is 5.00. The summed E-state index contributed by atoms with van der Waals surface area (Å²) in [5, 5.41) is 9.92. The molecule has 6 heteroatoms. The summed E-state index contributed by atoms with van der Waals surface area (Å²) < 4.78 is 7.09. The largest absolute Gasteiger partial charge is 0.381 e. The third-order valence-electron chi connectivity index (χ3n) is 3.67. The fourth-order valence-corrected chi connectivity index (χ4v) is 2.14. The molecule has 0 aromatic carbocycles. The van der Waals surface area contributed by atoms with Gasteiger partial charge in [0.1, 0.15) is 0 Å². The van der Waals surface area contributed by atoms with Crippen molar-refractivity contribution in [2.75, 3.05) is 19.8 Å². The number of rotatable bonds is 4. The van der Waals surface area contributed by atoms with Gasteiger partial charge in [0, 0.05) is 44.6 Å². The van der Waals surface area contributed by atoms with Gasteiger partial charge in [-0.15, -0.1) is 0 Å². The molecule has 1 saturated heterocycles. The molecule has 106 valence electrons. The SMILES string of the molecule is Cc1c(CNC(=O)NCC2CCOCC2)cnn1C. The highest BCUT2D eigenvalue weighted by Crippen LogP contribution is 2.13. The van der Waals surface area contributed by atoms with Crippen LogP contribution >= 0.6 is 0 Å². The molecule has 0 atom stereocenters. The molecule has 1 aromatic heterocycles. The summed E-state index contributed by atoms with van der Waals surface area (Å²) in [6, 6.07) is -0.116. The molecule has 0 aliphatic carbocycles. The van der Waals surface area contributed by atoms with E-state index in [0.29, 0.717) is 12.5 Å². The molecule has 1 aromatic rings. The van der Waals surface area contributed by atoms with Crippen molar-refractivity contribution < 1.29 is 9.53 Å². The number of hydrogen-bond donors (Lipinski definition) is 2. The molecule has 0 spiro atoms. The van der Waals surface area contributed by atoms with Crippen molar-refractivity contribution in [1.82, 2.24) is 20.4 Å². The van der Waals surface area contributed by atoms with Crippen molar-refractivity contribution in [2.24, 2.45) is 13.0 Å². The third-order valence-corrected chi connectivity index (χ3v) is 3.67. The zero-order valence-electron chi connectivity index (χ0n) is 11.6. The quantitative estimate of drug-likeness (QED) is 0.852. The summed E-state index contributed by atoms with van der Waals surface area (Å²) in [4.78, 5) is 11.7. The van der Waals surface area contributed by atoms with Gasteiger partial charge in [-0.25, -0.2) is 4.79 Å². The lowest BCUT2D eigenvalue weighted by atomic mass is 10.0. The molecule has 0 bridgehead atoms. The van der Waals surface area contributed by atoms with Crippen molar-refractivity contribution >= 4 is 6.03 Å². The normalized spacial score (nSPS) is 16.3. The topological polar surface area (TPSA) is 68.2 Å². The zero-order chi connectivity index (χ0) is 13.7. The first-order valence-corrected chi connectivity index (χ1v) is 6.73. The smallest absolute Gasteiger partial charge is 0.315 e. The maximum absolute atomic E-state index is 11.7. The zero-order valence-corrected chi connectivity index (χ0v) is 11.6. The molecule has 0 unspecified atom stereocenters. The maximum Gasteiger partial charge on any atom is 0.315 e. The van der Waals surface area contributed by atoms with Crippen LogP contribution in [0.15, 0.2) is 6.20 Å². The molecule has 2 amide bonds. The Morgan fingerprint density at radius 3 is 2.84 bits per heavy atom. The Balaban J connectivity index is 1.68. The first-order chi connectivity index (χ1) is 9.16. The number of urea groups is 1. The number of nitrogens with one attached hydrogen (secondary N) is 2. The van der Waals surface area contributed by atoms with E-state index in [4.69, 9.17) is 4.74 Å². The van der Waals surface area contributed by atoms with E-state index in [2.05, 4.69) is 15.7 Å². The van der Waals surface area contributed by atoms with Gasteiger partial charge in [-0.1, -0.05) is 0 Å². The Kier molecular flexibility index (Phi) is 4.79. The summed E-state index contributed by atoms with van der Waals surface area (Å²) in [7, 11) is 1.89. The van der Waals surface area contributed by atoms with Gasteiger partial charge in [0.25, 0.3) is 0 Å². The van der Waals surface area contributed by atoms with Crippen LogP contribution in [0.5, 0.6) is 0 Å². The second kappa shape index (κ2) is 6.56. The number of aryl methyl sites for hydroxylation is 1. The highest BCUT2D eigenvalue weighted by Gasteiger charge is 2.14. The van der Waals surface area contributed by atoms with Gasteiger partial charge in [0.05, 0.1) is 6.20 Å². The molecule has 1 fully saturated rings. The Labute approximate surface area is 113 Å². The van der Waals surface area contributed by atoms with Gasteiger partial charge in [-0.3, -0.25) is 4.68 Å². The van der Waals surface area contributed by atoms with Crippen molar-refractivity contribution in [1.29, 1.82) is 0 Å². The van der Waals surface area contributed by atoms with Crippen LogP contribution in [0.2, 0.25) is 0 Å². The summed E-state index contributed by atoms with van der Waals surface area (Å²) in [5.41, 5.74) is 2.12. The fourth-order valence-electron chi connectivity index (χ4n) is 2.14. The average Bonchev–Trinajstić information content (AvgIpc) is 2.75. The van der Waals surface area contributed by atoms with Crippen molar-refractivity contribution in [3.8, 4) is 0 Å². The number of carbonyl (C=O) groups excluding carboxylic acids is 1. The van der Waals surface area contributed by atoms with Crippen molar-refractivity contribution in [3.05, 3.63) is 17.5 Å². The van der Waals surface area contributed by atoms with Crippen LogP contribution < -0.4 is 10.6 Å². The van der Waals surface area contributed by atoms with Gasteiger partial charge in [-0.2, -0.15) is 5.10 Å². The van der Waals surface area contributed by atoms with E-state index in [1.54, 1.807) is 10.9 Å². The minimum absolute atomic E-state index is 0.116. The molecular weight excluding hydrogens is 244 g/mol. The Morgan fingerprint density at radius 1 is 1.47 bits per heavy atom. The first-order valence-electron chi connectivity index (χ1n) is 6.73. The summed E-state index contributed by atoms with van der Waals surface area (Å²) in [6.45, 7) is 4.84. The van der Waals surface area contributed by atoms with E-state index in [1.165, 1.54) is 0 Å². The predicted octanol–water partition coefficient (Wildman–Crippen LogP) is 0.954. The van der Waals surface area contributed by atoms with Crippen LogP contribution in [0.1, 0.15) is 24.1 Å². The van der Waals surface area contributed by atoms with Crippen LogP contribution in [0.25, 0.3) is 0 Å². The van der Waals surface area contributed by atoms with Crippen LogP contribution in [-0.4, -0.2) is 35.6 Å². The van der Waals surface area contributed by atoms with E-state index in [0.717, 1.165) is 43.9 Å². The van der Waals surface area contributed by atoms with Crippen LogP contribution in [0, 0.1) is 12.8 Å². The van der Waals surface area contributed by atoms with Crippen molar-refractivity contribution in [3.63, 3.8) is 0 Å². The molecular formula is C13H22N4O2. The molecule has 1 aliphatic heterocycles. The first kappa shape index (κ1) is 13.9. The second-order valence-corrected chi connectivity index (χ2v) is 5.00. The van der Waals surface area contributed by atoms with Crippen molar-refractivity contribution in [2.45, 2.75) is 26.3 Å². The maximum atomic E-state index is 11.7. The number of carbonyl (C=O) groups is 1. The molecule has 0 saturated carbocycles. The third kappa shape index (κ3) is 3.96. The van der Waals surface area contributed by atoms with Crippen LogP contribution in [0.4, 0.5) is 4.79 Å². The lowest BCUT2D eigenvalue weighted by Crippen LogP contribution is -2.39. The van der Waals surface area contributed by atoms with E-state index < -0.39 is 0 Å². The standard InChI is InChI=1S/C13H22N4O2/c1-10-12(9-16-17(10)2)8-15-13(18)14-7-11-3-5-19-6-4-11/h9,11H,3-8H2,1-2H3,(H2,14,15,18). The van der Waals surface area contributed by atoms with Gasteiger partial charge in [0.15, 0.2) is 0 Å². The van der Waals surface area contributed by atoms with E-state index in [1.807, 2.05) is 14.0 Å². The minimum atomic E-state index is -0.116. The minimum Gasteiger partial charge on any atom is -0.381 e. The summed E-state index contributed by atoms with van der Waals surface area (Å²) >= 11 is 0. The molecule has 2 heterocycles. The lowest BCUT2D eigenvalue weighted by Gasteiger charge is -2.22. The van der Waals surface area contributed by atoms with E-state index >= 15 is 0 Å². The highest BCUT2D eigenvalue weighted by molar-refractivity contribution is 5.73. The summed E-state index contributed by atoms with van der Waals surface area (Å²) in [6.07, 6.45) is 3.85. The van der Waals surface area contributed by atoms with Gasteiger partial charge in [-0.05, 0) is 25.7 Å². The van der Waals surface area contributed by atoms with Crippen LogP contribution in [0.3, 0.4) is 0 Å². The number of hydrogen-bond acceptors (Lipinski definition) is 3. The number of nitrogens with zero attached hydrogens (tertiary/aromatic N) is 2. The Morgan fingerprint density at radius 2 is 2.21 bits per heavy atom. The Bertz CT molecular complexity index is 424. The van der Waals surface area contributed by atoms with Gasteiger partial charge in [0.2, 0.25) is 0 Å². The molecule has 6 nitrogen and oxygen atoms in total. The average molecular weight is 266 g/mol. The molecule has 2 N–H and O–H groups in total. The van der Waals surface area contributed by atoms with Crippen LogP contribution in [-0.2, 0) is 18.3 Å². The highest BCUT2D eigenvalue weighted by atomic mass is 16.5. The summed E-state index contributed by atoms with van der Waals surface area (Å²) in [5.74, 6) is 0.541. The van der Waals surface area contributed by atoms with E-state index in [9.17, 15) is 4.79 Å². The predicted molar refractivity (Wildman–Crippen MR) is 71.7 cm³/mol. The molecule has 2 rings (SSSR count). The molecule has 1 aliphatic rings. The van der Waals surface area contributed by atoms with E-state index in [-0.39, 0.29) is 6.03 Å². The number of aromatic nitrogens is 2. The van der Waals surface area contributed by atoms with Gasteiger partial charge < -0.3 is 15.4 Å². The lowest BCUT2D eigenvalue weighted by molar-refractivity contribution is 0.0669. The number of ether oxygens (including phenoxy) is 1. The molecule has 19 heavy (non-hydrogen) atoms. The monoisotopic (exact) mass is 266 g/mol. The number of amides is 2. The Hall–Kier alpha value is -1.56. The molecule has 0 radical (unpaired) electrons. The van der Waals surface area contributed by atoms with Gasteiger partial charge >= 0.3 is 6.03 Å². The fraction of sp³-hybridized carbons (Fsp3) is 0.692.